The van der Waals surface area contributed by atoms with Crippen LogP contribution in [0.4, 0.5) is 13.2 Å². The first kappa shape index (κ1) is 23.0. The first-order valence-electron chi connectivity index (χ1n) is 8.46. The molecule has 1 aliphatic rings. The maximum Gasteiger partial charge on any atom is 0.391 e. The summed E-state index contributed by atoms with van der Waals surface area (Å²) in [5.74, 6) is 0.204. The van der Waals surface area contributed by atoms with Crippen LogP contribution in [0.15, 0.2) is 9.52 Å². The molecule has 0 saturated heterocycles. The van der Waals surface area contributed by atoms with Crippen LogP contribution in [-0.4, -0.2) is 35.4 Å². The van der Waals surface area contributed by atoms with Gasteiger partial charge in [-0.05, 0) is 19.3 Å². The molecule has 0 aliphatic heterocycles. The summed E-state index contributed by atoms with van der Waals surface area (Å²) in [6.07, 6.45) is -2.61. The largest absolute Gasteiger partial charge is 0.391 e. The molecule has 1 fully saturated rings. The van der Waals surface area contributed by atoms with E-state index in [-0.39, 0.29) is 54.8 Å². The van der Waals surface area contributed by atoms with Crippen LogP contribution in [0.25, 0.3) is 0 Å². The number of guanidine groups is 1. The van der Waals surface area contributed by atoms with Gasteiger partial charge in [0.05, 0.1) is 12.5 Å². The Morgan fingerprint density at radius 3 is 2.50 bits per heavy atom. The fourth-order valence-electron chi connectivity index (χ4n) is 2.80. The Kier molecular flexibility index (Phi) is 8.15. The molecule has 6 nitrogen and oxygen atoms in total. The number of alkyl halides is 3. The molecule has 0 spiro atoms. The molecular weight excluding hydrogens is 462 g/mol. The van der Waals surface area contributed by atoms with Crippen molar-refractivity contribution in [3.63, 3.8) is 0 Å². The highest BCUT2D eigenvalue weighted by molar-refractivity contribution is 14.0. The molecule has 1 saturated carbocycles. The molecule has 2 N–H and O–H groups in total. The number of nitrogens with zero attached hydrogens (tertiary/aromatic N) is 3. The fourth-order valence-corrected chi connectivity index (χ4v) is 2.80. The van der Waals surface area contributed by atoms with Crippen molar-refractivity contribution in [2.24, 2.45) is 10.9 Å². The second-order valence-electron chi connectivity index (χ2n) is 7.44. The Hall–Kier alpha value is -1.07. The van der Waals surface area contributed by atoms with Crippen LogP contribution in [0.3, 0.4) is 0 Å². The number of aromatic nitrogens is 2. The molecule has 10 heteroatoms. The summed E-state index contributed by atoms with van der Waals surface area (Å²) in [4.78, 5) is 8.37. The third-order valence-electron chi connectivity index (χ3n) is 4.23. The highest BCUT2D eigenvalue weighted by atomic mass is 127. The highest BCUT2D eigenvalue weighted by Crippen LogP contribution is 2.37. The lowest BCUT2D eigenvalue weighted by Gasteiger charge is -2.31. The zero-order chi connectivity index (χ0) is 18.7. The highest BCUT2D eigenvalue weighted by Gasteiger charge is 2.42. The van der Waals surface area contributed by atoms with Crippen molar-refractivity contribution in [1.82, 2.24) is 20.8 Å². The Morgan fingerprint density at radius 2 is 1.96 bits per heavy atom. The lowest BCUT2D eigenvalue weighted by atomic mass is 9.85. The van der Waals surface area contributed by atoms with Crippen molar-refractivity contribution in [2.75, 3.05) is 7.05 Å². The van der Waals surface area contributed by atoms with E-state index in [0.717, 1.165) is 0 Å². The molecule has 2 unspecified atom stereocenters. The second-order valence-corrected chi connectivity index (χ2v) is 7.44. The van der Waals surface area contributed by atoms with Gasteiger partial charge in [0, 0.05) is 18.5 Å². The molecule has 0 bridgehead atoms. The van der Waals surface area contributed by atoms with Gasteiger partial charge in [0.25, 0.3) is 0 Å². The van der Waals surface area contributed by atoms with E-state index in [1.807, 2.05) is 20.8 Å². The SMILES string of the molecule is CN=C(NCc1noc(C(C)(C)C)n1)NC1CCCC(C(F)(F)F)C1.I. The van der Waals surface area contributed by atoms with Crippen molar-refractivity contribution in [3.05, 3.63) is 11.7 Å². The lowest BCUT2D eigenvalue weighted by molar-refractivity contribution is -0.183. The van der Waals surface area contributed by atoms with E-state index >= 15 is 0 Å². The minimum absolute atomic E-state index is 0. The summed E-state index contributed by atoms with van der Waals surface area (Å²) < 4.78 is 43.9. The lowest BCUT2D eigenvalue weighted by Crippen LogP contribution is -2.46. The summed E-state index contributed by atoms with van der Waals surface area (Å²) in [7, 11) is 1.58. The molecule has 2 rings (SSSR count). The molecule has 0 amide bonds. The normalized spacial score (nSPS) is 21.9. The summed E-state index contributed by atoms with van der Waals surface area (Å²) >= 11 is 0. The van der Waals surface area contributed by atoms with Crippen LogP contribution in [0, 0.1) is 5.92 Å². The number of nitrogens with one attached hydrogen (secondary N) is 2. The molecule has 1 aromatic heterocycles. The molecule has 1 aliphatic carbocycles. The smallest absolute Gasteiger partial charge is 0.354 e. The monoisotopic (exact) mass is 489 g/mol. The molecule has 150 valence electrons. The van der Waals surface area contributed by atoms with Gasteiger partial charge in [0.15, 0.2) is 11.8 Å². The summed E-state index contributed by atoms with van der Waals surface area (Å²) in [5.41, 5.74) is -0.236. The zero-order valence-corrected chi connectivity index (χ0v) is 17.8. The van der Waals surface area contributed by atoms with Crippen molar-refractivity contribution >= 4 is 29.9 Å². The Morgan fingerprint density at radius 1 is 1.27 bits per heavy atom. The van der Waals surface area contributed by atoms with Crippen LogP contribution in [0.1, 0.15) is 58.2 Å². The van der Waals surface area contributed by atoms with Crippen molar-refractivity contribution in [1.29, 1.82) is 0 Å². The van der Waals surface area contributed by atoms with Crippen LogP contribution < -0.4 is 10.6 Å². The van der Waals surface area contributed by atoms with Crippen LogP contribution in [-0.2, 0) is 12.0 Å². The average molecular weight is 489 g/mol. The molecule has 2 atom stereocenters. The first-order valence-corrected chi connectivity index (χ1v) is 8.46. The summed E-state index contributed by atoms with van der Waals surface area (Å²) in [5, 5.41) is 9.99. The maximum atomic E-state index is 12.9. The van der Waals surface area contributed by atoms with Crippen molar-refractivity contribution in [2.45, 2.75) is 70.6 Å². The predicted octanol–water partition coefficient (Wildman–Crippen LogP) is 3.77. The zero-order valence-electron chi connectivity index (χ0n) is 15.5. The van der Waals surface area contributed by atoms with Gasteiger partial charge < -0.3 is 15.2 Å². The number of aliphatic imine (C=N–C) groups is 1. The van der Waals surface area contributed by atoms with Crippen LogP contribution in [0.2, 0.25) is 0 Å². The van der Waals surface area contributed by atoms with Crippen LogP contribution >= 0.6 is 24.0 Å². The van der Waals surface area contributed by atoms with E-state index in [0.29, 0.717) is 30.5 Å². The van der Waals surface area contributed by atoms with E-state index < -0.39 is 12.1 Å². The topological polar surface area (TPSA) is 75.3 Å². The Labute approximate surface area is 168 Å². The quantitative estimate of drug-likeness (QED) is 0.384. The third kappa shape index (κ3) is 6.58. The van der Waals surface area contributed by atoms with E-state index in [4.69, 9.17) is 4.52 Å². The molecule has 1 heterocycles. The van der Waals surface area contributed by atoms with Gasteiger partial charge in [0.1, 0.15) is 0 Å². The third-order valence-corrected chi connectivity index (χ3v) is 4.23. The van der Waals surface area contributed by atoms with E-state index in [1.165, 1.54) is 0 Å². The van der Waals surface area contributed by atoms with Gasteiger partial charge in [-0.25, -0.2) is 0 Å². The average Bonchev–Trinajstić information content (AvgIpc) is 3.00. The first-order chi connectivity index (χ1) is 11.6. The van der Waals surface area contributed by atoms with Gasteiger partial charge in [-0.15, -0.1) is 24.0 Å². The fraction of sp³-hybridized carbons (Fsp3) is 0.812. The molecule has 26 heavy (non-hydrogen) atoms. The van der Waals surface area contributed by atoms with Crippen molar-refractivity contribution < 1.29 is 17.7 Å². The second kappa shape index (κ2) is 9.23. The molecule has 0 aromatic carbocycles. The van der Waals surface area contributed by atoms with Crippen LogP contribution in [0.5, 0.6) is 0 Å². The van der Waals surface area contributed by atoms with Gasteiger partial charge in [-0.3, -0.25) is 4.99 Å². The minimum atomic E-state index is -4.13. The number of hydrogen-bond donors (Lipinski definition) is 2. The van der Waals surface area contributed by atoms with Gasteiger partial charge in [-0.1, -0.05) is 32.3 Å². The van der Waals surface area contributed by atoms with E-state index in [9.17, 15) is 13.2 Å². The summed E-state index contributed by atoms with van der Waals surface area (Å²) in [6.45, 7) is 6.20. The number of halogens is 4. The Balaban J connectivity index is 0.00000338. The molecule has 0 radical (unpaired) electrons. The van der Waals surface area contributed by atoms with E-state index in [1.54, 1.807) is 7.05 Å². The van der Waals surface area contributed by atoms with E-state index in [2.05, 4.69) is 25.8 Å². The number of hydrogen-bond acceptors (Lipinski definition) is 4. The number of rotatable bonds is 3. The molecule has 1 aromatic rings. The Bertz CT molecular complexity index is 597. The van der Waals surface area contributed by atoms with Gasteiger partial charge >= 0.3 is 6.18 Å². The maximum absolute atomic E-state index is 12.9. The minimum Gasteiger partial charge on any atom is -0.354 e. The van der Waals surface area contributed by atoms with Crippen molar-refractivity contribution in [3.8, 4) is 0 Å². The van der Waals surface area contributed by atoms with Gasteiger partial charge in [-0.2, -0.15) is 18.2 Å². The standard InChI is InChI=1S/C16H26F3N5O.HI/c1-15(2,3)13-23-12(24-25-13)9-21-14(20-4)22-11-7-5-6-10(8-11)16(17,18)19;/h10-11H,5-9H2,1-4H3,(H2,20,21,22);1H. The van der Waals surface area contributed by atoms with Gasteiger partial charge in [0.2, 0.25) is 5.89 Å². The summed E-state index contributed by atoms with van der Waals surface area (Å²) in [6, 6.07) is -0.248. The molecular formula is C16H27F3IN5O. The predicted molar refractivity (Wildman–Crippen MR) is 104 cm³/mol.